The molecule has 0 saturated carbocycles. The summed E-state index contributed by atoms with van der Waals surface area (Å²) in [5.41, 5.74) is 2.02. The zero-order chi connectivity index (χ0) is 38.6. The van der Waals surface area contributed by atoms with Crippen LogP contribution in [0, 0.1) is 0 Å². The first-order chi connectivity index (χ1) is 25.0. The van der Waals surface area contributed by atoms with Crippen LogP contribution in [0.2, 0.25) is 0 Å². The van der Waals surface area contributed by atoms with Crippen molar-refractivity contribution in [2.75, 3.05) is 13.2 Å². The highest BCUT2D eigenvalue weighted by Crippen LogP contribution is 2.23. The van der Waals surface area contributed by atoms with Crippen molar-refractivity contribution < 1.29 is 48.2 Å². The van der Waals surface area contributed by atoms with E-state index >= 15 is 0 Å². The fraction of sp³-hybridized carbons (Fsp3) is 0.816. The predicted octanol–water partition coefficient (Wildman–Crippen LogP) is 7.82. The summed E-state index contributed by atoms with van der Waals surface area (Å²) in [6.07, 6.45) is 18.1. The lowest BCUT2D eigenvalue weighted by atomic mass is 10.0. The van der Waals surface area contributed by atoms with Gasteiger partial charge in [-0.3, -0.25) is 24.0 Å². The summed E-state index contributed by atoms with van der Waals surface area (Å²) in [7, 11) is 0. The van der Waals surface area contributed by atoms with E-state index in [0.717, 1.165) is 125 Å². The molecule has 2 aliphatic rings. The van der Waals surface area contributed by atoms with E-state index in [-0.39, 0.29) is 68.9 Å². The van der Waals surface area contributed by atoms with Crippen LogP contribution in [0.4, 0.5) is 0 Å². The SMILES string of the molecule is CCCCCC1=NN(C(=O)CCOC(=O)CCC(=O)O)OC(CCCCC)C1.CCCCCC1=NN(C(=O)CCOC(C)=O)OC(CCCCC)C1. The van der Waals surface area contributed by atoms with E-state index in [1.54, 1.807) is 0 Å². The Hall–Kier alpha value is -3.39. The molecule has 2 amide bonds. The van der Waals surface area contributed by atoms with Crippen LogP contribution in [0.1, 0.15) is 176 Å². The summed E-state index contributed by atoms with van der Waals surface area (Å²) in [5.74, 6) is -2.70. The van der Waals surface area contributed by atoms with Gasteiger partial charge in [-0.05, 0) is 38.5 Å². The van der Waals surface area contributed by atoms with Gasteiger partial charge in [0.05, 0.1) is 37.9 Å². The zero-order valence-electron chi connectivity index (χ0n) is 32.5. The number of hydrazone groups is 2. The topological polar surface area (TPSA) is 174 Å². The van der Waals surface area contributed by atoms with Crippen molar-refractivity contribution in [3.05, 3.63) is 0 Å². The van der Waals surface area contributed by atoms with Crippen molar-refractivity contribution in [2.45, 2.75) is 188 Å². The highest BCUT2D eigenvalue weighted by atomic mass is 16.7. The molecule has 14 nitrogen and oxygen atoms in total. The van der Waals surface area contributed by atoms with Crippen molar-refractivity contribution >= 4 is 41.1 Å². The number of esters is 2. The maximum Gasteiger partial charge on any atom is 0.306 e. The molecule has 2 heterocycles. The fourth-order valence-electron chi connectivity index (χ4n) is 5.52. The minimum atomic E-state index is -1.06. The number of carbonyl (C=O) groups excluding carboxylic acids is 4. The highest BCUT2D eigenvalue weighted by molar-refractivity contribution is 5.88. The number of amides is 2. The van der Waals surface area contributed by atoms with Crippen molar-refractivity contribution in [3.8, 4) is 0 Å². The fourth-order valence-corrected chi connectivity index (χ4v) is 5.52. The number of carboxylic acid groups (broad SMARTS) is 1. The molecule has 2 atom stereocenters. The van der Waals surface area contributed by atoms with Gasteiger partial charge in [0.2, 0.25) is 0 Å². The van der Waals surface area contributed by atoms with Crippen LogP contribution < -0.4 is 0 Å². The van der Waals surface area contributed by atoms with Gasteiger partial charge in [0.25, 0.3) is 11.8 Å². The Kier molecular flexibility index (Phi) is 26.1. The van der Waals surface area contributed by atoms with Gasteiger partial charge in [-0.1, -0.05) is 91.9 Å². The number of ether oxygens (including phenoxy) is 2. The minimum Gasteiger partial charge on any atom is -0.481 e. The van der Waals surface area contributed by atoms with Gasteiger partial charge < -0.3 is 14.6 Å². The third-order valence-electron chi connectivity index (χ3n) is 8.46. The molecule has 0 spiro atoms. The first-order valence-corrected chi connectivity index (χ1v) is 19.7. The second kappa shape index (κ2) is 29.1. The molecular weight excluding hydrogens is 672 g/mol. The number of aliphatic carboxylic acids is 1. The largest absolute Gasteiger partial charge is 0.481 e. The van der Waals surface area contributed by atoms with Crippen molar-refractivity contribution in [1.29, 1.82) is 0 Å². The Morgan fingerprint density at radius 3 is 1.46 bits per heavy atom. The number of hydrogen-bond acceptors (Lipinski definition) is 11. The van der Waals surface area contributed by atoms with E-state index in [0.29, 0.717) is 0 Å². The molecule has 298 valence electrons. The summed E-state index contributed by atoms with van der Waals surface area (Å²) in [6, 6.07) is 0. The summed E-state index contributed by atoms with van der Waals surface area (Å²) in [6.45, 7) is 9.91. The summed E-state index contributed by atoms with van der Waals surface area (Å²) < 4.78 is 9.74. The number of carbonyl (C=O) groups is 5. The predicted molar refractivity (Wildman–Crippen MR) is 198 cm³/mol. The van der Waals surface area contributed by atoms with Gasteiger partial charge in [-0.2, -0.15) is 10.2 Å². The first kappa shape index (κ1) is 46.6. The minimum absolute atomic E-state index is 0.0170. The molecule has 0 aromatic rings. The van der Waals surface area contributed by atoms with Crippen molar-refractivity contribution in [2.24, 2.45) is 10.2 Å². The van der Waals surface area contributed by atoms with E-state index < -0.39 is 11.9 Å². The number of unbranched alkanes of at least 4 members (excludes halogenated alkanes) is 8. The number of hydroxylamine groups is 2. The maximum absolute atomic E-state index is 12.4. The van der Waals surface area contributed by atoms with E-state index in [4.69, 9.17) is 24.3 Å². The average Bonchev–Trinajstić information content (AvgIpc) is 3.11. The van der Waals surface area contributed by atoms with Gasteiger partial charge in [-0.15, -0.1) is 10.3 Å². The Labute approximate surface area is 310 Å². The average molecular weight is 739 g/mol. The van der Waals surface area contributed by atoms with E-state index in [1.807, 2.05) is 0 Å². The number of carboxylic acids is 1. The Bertz CT molecular complexity index is 1130. The normalized spacial score (nSPS) is 17.0. The molecule has 0 fully saturated rings. The van der Waals surface area contributed by atoms with Gasteiger partial charge in [0, 0.05) is 31.2 Å². The lowest BCUT2D eigenvalue weighted by Gasteiger charge is -2.29. The first-order valence-electron chi connectivity index (χ1n) is 19.7. The molecule has 0 saturated heterocycles. The third kappa shape index (κ3) is 22.5. The molecule has 14 heteroatoms. The highest BCUT2D eigenvalue weighted by Gasteiger charge is 2.28. The molecule has 0 aliphatic carbocycles. The van der Waals surface area contributed by atoms with Crippen molar-refractivity contribution in [3.63, 3.8) is 0 Å². The standard InChI is InChI=1S/C20H34N2O6.C18H32N2O4/c1-3-5-7-9-16-15-17(10-8-6-4-2)28-22(21-16)18(23)13-14-27-20(26)12-11-19(24)25;1-4-6-8-10-16-14-17(11-9-7-5-2)24-20(19-16)18(22)12-13-23-15(3)21/h17H,3-15H2,1-2H3,(H,24,25);17H,4-14H2,1-3H3. The lowest BCUT2D eigenvalue weighted by molar-refractivity contribution is -0.213. The molecule has 2 unspecified atom stereocenters. The Morgan fingerprint density at radius 1 is 0.635 bits per heavy atom. The third-order valence-corrected chi connectivity index (χ3v) is 8.46. The van der Waals surface area contributed by atoms with E-state index in [2.05, 4.69) is 37.9 Å². The molecule has 52 heavy (non-hydrogen) atoms. The zero-order valence-corrected chi connectivity index (χ0v) is 32.5. The van der Waals surface area contributed by atoms with Gasteiger partial charge in [0.1, 0.15) is 13.2 Å². The summed E-state index contributed by atoms with van der Waals surface area (Å²) in [4.78, 5) is 68.8. The molecule has 0 bridgehead atoms. The van der Waals surface area contributed by atoms with Crippen LogP contribution in [-0.4, -0.2) is 82.0 Å². The number of nitrogens with zero attached hydrogens (tertiary/aromatic N) is 4. The van der Waals surface area contributed by atoms with Crippen LogP contribution in [-0.2, 0) is 43.1 Å². The van der Waals surface area contributed by atoms with Crippen LogP contribution >= 0.6 is 0 Å². The Morgan fingerprint density at radius 2 is 1.06 bits per heavy atom. The number of hydrogen-bond donors (Lipinski definition) is 1. The van der Waals surface area contributed by atoms with Crippen molar-refractivity contribution in [1.82, 2.24) is 10.3 Å². The molecule has 1 N–H and O–H groups in total. The van der Waals surface area contributed by atoms with Crippen LogP contribution in [0.15, 0.2) is 10.2 Å². The molecular formula is C38H66N4O10. The van der Waals surface area contributed by atoms with Gasteiger partial charge in [-0.25, -0.2) is 9.68 Å². The number of rotatable bonds is 25. The molecule has 0 aromatic heterocycles. The molecule has 0 aromatic carbocycles. The van der Waals surface area contributed by atoms with Crippen LogP contribution in [0.5, 0.6) is 0 Å². The Balaban J connectivity index is 0.000000526. The maximum atomic E-state index is 12.4. The quantitative estimate of drug-likeness (QED) is 0.0718. The van der Waals surface area contributed by atoms with Gasteiger partial charge >= 0.3 is 17.9 Å². The molecule has 2 aliphatic heterocycles. The summed E-state index contributed by atoms with van der Waals surface area (Å²) in [5, 5.41) is 19.5. The van der Waals surface area contributed by atoms with Crippen LogP contribution in [0.25, 0.3) is 0 Å². The van der Waals surface area contributed by atoms with Gasteiger partial charge in [0.15, 0.2) is 0 Å². The molecule has 2 rings (SSSR count). The van der Waals surface area contributed by atoms with E-state index in [9.17, 15) is 24.0 Å². The van der Waals surface area contributed by atoms with Crippen LogP contribution in [0.3, 0.4) is 0 Å². The van der Waals surface area contributed by atoms with E-state index in [1.165, 1.54) is 19.8 Å². The monoisotopic (exact) mass is 738 g/mol. The lowest BCUT2D eigenvalue weighted by Crippen LogP contribution is -2.38. The molecule has 0 radical (unpaired) electrons. The smallest absolute Gasteiger partial charge is 0.306 e. The second-order valence-corrected chi connectivity index (χ2v) is 13.4. The second-order valence-electron chi connectivity index (χ2n) is 13.4. The summed E-state index contributed by atoms with van der Waals surface area (Å²) >= 11 is 0.